The molecule has 0 fully saturated rings. The smallest absolute Gasteiger partial charge is 0.0528 e. The van der Waals surface area contributed by atoms with Crippen LogP contribution >= 0.6 is 15.9 Å². The molecule has 0 atom stereocenters. The first-order chi connectivity index (χ1) is 7.25. The van der Waals surface area contributed by atoms with E-state index in [4.69, 9.17) is 5.73 Å². The summed E-state index contributed by atoms with van der Waals surface area (Å²) in [5, 5.41) is 3.29. The third-order valence-corrected chi connectivity index (χ3v) is 2.73. The van der Waals surface area contributed by atoms with Crippen molar-refractivity contribution in [2.24, 2.45) is 0 Å². The van der Waals surface area contributed by atoms with Crippen molar-refractivity contribution in [3.8, 4) is 0 Å². The van der Waals surface area contributed by atoms with Gasteiger partial charge in [0.2, 0.25) is 0 Å². The van der Waals surface area contributed by atoms with Crippen LogP contribution in [0.3, 0.4) is 0 Å². The molecule has 3 N–H and O–H groups in total. The molecule has 0 aliphatic heterocycles. The molecule has 2 aromatic carbocycles. The lowest BCUT2D eigenvalue weighted by Gasteiger charge is -2.08. The van der Waals surface area contributed by atoms with E-state index in [1.54, 1.807) is 0 Å². The number of halogens is 1. The fourth-order valence-electron chi connectivity index (χ4n) is 1.33. The number of hydrogen-bond acceptors (Lipinski definition) is 2. The van der Waals surface area contributed by atoms with Crippen LogP contribution in [0.15, 0.2) is 53.0 Å². The quantitative estimate of drug-likeness (QED) is 0.809. The highest BCUT2D eigenvalue weighted by Crippen LogP contribution is 2.25. The molecule has 0 aliphatic rings. The molecule has 2 rings (SSSR count). The van der Waals surface area contributed by atoms with E-state index in [0.29, 0.717) is 0 Å². The number of para-hydroxylation sites is 1. The van der Waals surface area contributed by atoms with Crippen LogP contribution in [-0.2, 0) is 0 Å². The van der Waals surface area contributed by atoms with Gasteiger partial charge in [-0.25, -0.2) is 0 Å². The molecule has 2 nitrogen and oxygen atoms in total. The van der Waals surface area contributed by atoms with Crippen LogP contribution in [0.25, 0.3) is 0 Å². The Morgan fingerprint density at radius 2 is 1.80 bits per heavy atom. The lowest BCUT2D eigenvalue weighted by atomic mass is 10.2. The van der Waals surface area contributed by atoms with E-state index < -0.39 is 0 Å². The van der Waals surface area contributed by atoms with Gasteiger partial charge < -0.3 is 11.1 Å². The van der Waals surface area contributed by atoms with Gasteiger partial charge in [0, 0.05) is 15.8 Å². The molecular formula is C12H11BrN2. The first kappa shape index (κ1) is 10.1. The third kappa shape index (κ3) is 2.50. The van der Waals surface area contributed by atoms with Crippen LogP contribution in [-0.4, -0.2) is 0 Å². The zero-order valence-corrected chi connectivity index (χ0v) is 9.66. The second kappa shape index (κ2) is 4.36. The van der Waals surface area contributed by atoms with Gasteiger partial charge in [-0.3, -0.25) is 0 Å². The first-order valence-electron chi connectivity index (χ1n) is 4.63. The minimum Gasteiger partial charge on any atom is -0.399 e. The molecule has 0 spiro atoms. The molecule has 0 aliphatic carbocycles. The summed E-state index contributed by atoms with van der Waals surface area (Å²) in [6.45, 7) is 0. The predicted octanol–water partition coefficient (Wildman–Crippen LogP) is 3.77. The topological polar surface area (TPSA) is 38.0 Å². The first-order valence-corrected chi connectivity index (χ1v) is 5.42. The van der Waals surface area contributed by atoms with Gasteiger partial charge in [0.1, 0.15) is 0 Å². The van der Waals surface area contributed by atoms with E-state index in [0.717, 1.165) is 21.5 Å². The summed E-state index contributed by atoms with van der Waals surface area (Å²) in [5.74, 6) is 0. The van der Waals surface area contributed by atoms with Crippen molar-refractivity contribution in [1.29, 1.82) is 0 Å². The summed E-state index contributed by atoms with van der Waals surface area (Å²) in [6, 6.07) is 15.6. The lowest BCUT2D eigenvalue weighted by Crippen LogP contribution is -1.92. The Hall–Kier alpha value is -1.48. The van der Waals surface area contributed by atoms with Crippen LogP contribution in [0.4, 0.5) is 17.1 Å². The zero-order valence-electron chi connectivity index (χ0n) is 8.07. The lowest BCUT2D eigenvalue weighted by molar-refractivity contribution is 1.52. The SMILES string of the molecule is Nc1cccc(Nc2ccccc2Br)c1. The maximum atomic E-state index is 5.70. The summed E-state index contributed by atoms with van der Waals surface area (Å²) in [6.07, 6.45) is 0. The minimum absolute atomic E-state index is 0.757. The summed E-state index contributed by atoms with van der Waals surface area (Å²) in [5.41, 5.74) is 8.47. The average Bonchev–Trinajstić information content (AvgIpc) is 2.22. The highest BCUT2D eigenvalue weighted by molar-refractivity contribution is 9.10. The van der Waals surface area contributed by atoms with Crippen molar-refractivity contribution in [2.75, 3.05) is 11.1 Å². The molecule has 76 valence electrons. The molecule has 0 unspecified atom stereocenters. The minimum atomic E-state index is 0.757. The van der Waals surface area contributed by atoms with Gasteiger partial charge in [0.15, 0.2) is 0 Å². The molecule has 2 aromatic rings. The second-order valence-electron chi connectivity index (χ2n) is 3.23. The Morgan fingerprint density at radius 1 is 1.00 bits per heavy atom. The van der Waals surface area contributed by atoms with E-state index in [9.17, 15) is 0 Å². The van der Waals surface area contributed by atoms with Gasteiger partial charge in [-0.2, -0.15) is 0 Å². The maximum Gasteiger partial charge on any atom is 0.0528 e. The van der Waals surface area contributed by atoms with Gasteiger partial charge in [0.25, 0.3) is 0 Å². The third-order valence-electron chi connectivity index (χ3n) is 2.04. The number of nitrogens with two attached hydrogens (primary N) is 1. The summed E-state index contributed by atoms with van der Waals surface area (Å²) < 4.78 is 1.03. The molecule has 0 bridgehead atoms. The fourth-order valence-corrected chi connectivity index (χ4v) is 1.72. The number of nitrogen functional groups attached to an aromatic ring is 1. The molecule has 0 amide bonds. The number of rotatable bonds is 2. The van der Waals surface area contributed by atoms with Crippen molar-refractivity contribution < 1.29 is 0 Å². The standard InChI is InChI=1S/C12H11BrN2/c13-11-6-1-2-7-12(11)15-10-5-3-4-9(14)8-10/h1-8,15H,14H2. The van der Waals surface area contributed by atoms with E-state index in [1.807, 2.05) is 48.5 Å². The van der Waals surface area contributed by atoms with E-state index in [1.165, 1.54) is 0 Å². The Morgan fingerprint density at radius 3 is 2.53 bits per heavy atom. The van der Waals surface area contributed by atoms with Crippen LogP contribution < -0.4 is 11.1 Å². The van der Waals surface area contributed by atoms with E-state index in [-0.39, 0.29) is 0 Å². The van der Waals surface area contributed by atoms with Gasteiger partial charge in [-0.05, 0) is 46.3 Å². The van der Waals surface area contributed by atoms with Crippen LogP contribution in [0, 0.1) is 0 Å². The Bertz CT molecular complexity index is 469. The zero-order chi connectivity index (χ0) is 10.7. The Labute approximate surface area is 97.2 Å². The van der Waals surface area contributed by atoms with Gasteiger partial charge in [0.05, 0.1) is 5.69 Å². The van der Waals surface area contributed by atoms with Crippen LogP contribution in [0.2, 0.25) is 0 Å². The highest BCUT2D eigenvalue weighted by atomic mass is 79.9. The molecule has 0 saturated carbocycles. The number of nitrogens with one attached hydrogen (secondary N) is 1. The normalized spacial score (nSPS) is 9.93. The molecule has 0 aromatic heterocycles. The fraction of sp³-hybridized carbons (Fsp3) is 0. The monoisotopic (exact) mass is 262 g/mol. The van der Waals surface area contributed by atoms with Crippen molar-refractivity contribution in [2.45, 2.75) is 0 Å². The Balaban J connectivity index is 2.26. The predicted molar refractivity (Wildman–Crippen MR) is 68.3 cm³/mol. The molecular weight excluding hydrogens is 252 g/mol. The number of hydrogen-bond donors (Lipinski definition) is 2. The Kier molecular flexibility index (Phi) is 2.92. The highest BCUT2D eigenvalue weighted by Gasteiger charge is 1.98. The summed E-state index contributed by atoms with van der Waals surface area (Å²) >= 11 is 3.48. The largest absolute Gasteiger partial charge is 0.399 e. The summed E-state index contributed by atoms with van der Waals surface area (Å²) in [7, 11) is 0. The van der Waals surface area contributed by atoms with E-state index >= 15 is 0 Å². The molecule has 15 heavy (non-hydrogen) atoms. The summed E-state index contributed by atoms with van der Waals surface area (Å²) in [4.78, 5) is 0. The van der Waals surface area contributed by atoms with Gasteiger partial charge in [-0.15, -0.1) is 0 Å². The second-order valence-corrected chi connectivity index (χ2v) is 4.08. The van der Waals surface area contributed by atoms with Crippen LogP contribution in [0.1, 0.15) is 0 Å². The molecule has 0 heterocycles. The van der Waals surface area contributed by atoms with Crippen molar-refractivity contribution in [3.63, 3.8) is 0 Å². The van der Waals surface area contributed by atoms with Gasteiger partial charge >= 0.3 is 0 Å². The maximum absolute atomic E-state index is 5.70. The van der Waals surface area contributed by atoms with E-state index in [2.05, 4.69) is 21.2 Å². The number of benzene rings is 2. The van der Waals surface area contributed by atoms with Gasteiger partial charge in [-0.1, -0.05) is 18.2 Å². The van der Waals surface area contributed by atoms with Crippen LogP contribution in [0.5, 0.6) is 0 Å². The molecule has 3 heteroatoms. The van der Waals surface area contributed by atoms with Crippen molar-refractivity contribution in [3.05, 3.63) is 53.0 Å². The number of anilines is 3. The molecule has 0 radical (unpaired) electrons. The van der Waals surface area contributed by atoms with Crippen molar-refractivity contribution >= 4 is 33.0 Å². The van der Waals surface area contributed by atoms with Crippen molar-refractivity contribution in [1.82, 2.24) is 0 Å². The average molecular weight is 263 g/mol. The molecule has 0 saturated heterocycles.